The monoisotopic (exact) mass is 381 g/mol. The Morgan fingerprint density at radius 2 is 1.67 bits per heavy atom. The summed E-state index contributed by atoms with van der Waals surface area (Å²) in [6, 6.07) is 17.3. The number of nitrogens with two attached hydrogens (primary N) is 1. The Bertz CT molecular complexity index is 1050. The predicted octanol–water partition coefficient (Wildman–Crippen LogP) is 2.27. The van der Waals surface area contributed by atoms with Crippen LogP contribution in [-0.4, -0.2) is 18.4 Å². The van der Waals surface area contributed by atoms with Gasteiger partial charge in [0.25, 0.3) is 0 Å². The Morgan fingerprint density at radius 3 is 2.22 bits per heavy atom. The molecule has 9 heteroatoms. The van der Waals surface area contributed by atoms with Crippen molar-refractivity contribution < 1.29 is 12.6 Å². The number of rotatable bonds is 6. The highest BCUT2D eigenvalue weighted by Crippen LogP contribution is 2.25. The topological polar surface area (TPSA) is 122 Å². The molecule has 1 aromatic heterocycles. The molecule has 0 bridgehead atoms. The molecule has 3 aromatic rings. The number of nitrogens with zero attached hydrogens (tertiary/aromatic N) is 4. The van der Waals surface area contributed by atoms with Gasteiger partial charge in [0.2, 0.25) is 5.95 Å². The lowest BCUT2D eigenvalue weighted by molar-refractivity contribution is 0.487. The molecule has 0 saturated carbocycles. The largest absolute Gasteiger partial charge is 0.380 e. The summed E-state index contributed by atoms with van der Waals surface area (Å²) >= 11 is 0. The van der Waals surface area contributed by atoms with E-state index in [1.807, 2.05) is 17.0 Å². The SMILES string of the molecule is N#Cc1ccc(N(Cc2ccc(OS(N)(=O)=O)cc2)c2ncccn2)cc1. The zero-order chi connectivity index (χ0) is 19.3. The van der Waals surface area contributed by atoms with Crippen molar-refractivity contribution in [1.29, 1.82) is 5.26 Å². The van der Waals surface area contributed by atoms with E-state index in [4.69, 9.17) is 10.4 Å². The molecule has 0 fully saturated rings. The van der Waals surface area contributed by atoms with Gasteiger partial charge in [-0.05, 0) is 48.0 Å². The average molecular weight is 381 g/mol. The molecule has 8 nitrogen and oxygen atoms in total. The quantitative estimate of drug-likeness (QED) is 0.695. The third-order valence-corrected chi connectivity index (χ3v) is 4.00. The van der Waals surface area contributed by atoms with E-state index in [0.717, 1.165) is 11.3 Å². The molecule has 0 spiro atoms. The summed E-state index contributed by atoms with van der Waals surface area (Å²) in [7, 11) is -4.06. The van der Waals surface area contributed by atoms with Crippen molar-refractivity contribution in [1.82, 2.24) is 9.97 Å². The van der Waals surface area contributed by atoms with Gasteiger partial charge in [-0.3, -0.25) is 0 Å². The molecular formula is C18H15N5O3S. The number of benzene rings is 2. The minimum atomic E-state index is -4.06. The average Bonchev–Trinajstić information content (AvgIpc) is 2.67. The number of hydrogen-bond acceptors (Lipinski definition) is 7. The molecule has 0 amide bonds. The molecule has 0 saturated heterocycles. The van der Waals surface area contributed by atoms with Gasteiger partial charge in [-0.25, -0.2) is 9.97 Å². The highest BCUT2D eigenvalue weighted by molar-refractivity contribution is 7.84. The zero-order valence-corrected chi connectivity index (χ0v) is 14.9. The summed E-state index contributed by atoms with van der Waals surface area (Å²) in [5.41, 5.74) is 2.23. The van der Waals surface area contributed by atoms with E-state index in [-0.39, 0.29) is 5.75 Å². The maximum absolute atomic E-state index is 11.0. The molecule has 1 heterocycles. The number of anilines is 2. The Hall–Kier alpha value is -3.48. The van der Waals surface area contributed by atoms with Crippen molar-refractivity contribution in [3.63, 3.8) is 0 Å². The molecule has 2 aromatic carbocycles. The van der Waals surface area contributed by atoms with Crippen LogP contribution in [0, 0.1) is 11.3 Å². The van der Waals surface area contributed by atoms with E-state index in [1.54, 1.807) is 42.7 Å². The molecule has 27 heavy (non-hydrogen) atoms. The van der Waals surface area contributed by atoms with Crippen LogP contribution in [0.5, 0.6) is 5.75 Å². The molecule has 0 radical (unpaired) electrons. The minimum absolute atomic E-state index is 0.127. The van der Waals surface area contributed by atoms with E-state index < -0.39 is 10.3 Å². The van der Waals surface area contributed by atoms with Crippen LogP contribution in [-0.2, 0) is 16.8 Å². The zero-order valence-electron chi connectivity index (χ0n) is 14.1. The first-order valence-electron chi connectivity index (χ1n) is 7.80. The van der Waals surface area contributed by atoms with Gasteiger partial charge in [0, 0.05) is 18.1 Å². The molecule has 0 atom stereocenters. The van der Waals surface area contributed by atoms with Crippen LogP contribution in [0.2, 0.25) is 0 Å². The first-order valence-corrected chi connectivity index (χ1v) is 9.27. The van der Waals surface area contributed by atoms with Crippen molar-refractivity contribution in [2.45, 2.75) is 6.54 Å². The minimum Gasteiger partial charge on any atom is -0.371 e. The van der Waals surface area contributed by atoms with Gasteiger partial charge in [0.15, 0.2) is 0 Å². The molecule has 0 unspecified atom stereocenters. The first kappa shape index (κ1) is 18.3. The first-order chi connectivity index (χ1) is 12.9. The molecular weight excluding hydrogens is 366 g/mol. The Balaban J connectivity index is 1.88. The second-order valence-electron chi connectivity index (χ2n) is 5.51. The van der Waals surface area contributed by atoms with Crippen LogP contribution < -0.4 is 14.2 Å². The highest BCUT2D eigenvalue weighted by Gasteiger charge is 2.13. The van der Waals surface area contributed by atoms with Crippen molar-refractivity contribution in [2.75, 3.05) is 4.90 Å². The maximum Gasteiger partial charge on any atom is 0.380 e. The molecule has 3 rings (SSSR count). The van der Waals surface area contributed by atoms with Gasteiger partial charge in [-0.2, -0.15) is 18.8 Å². The number of aromatic nitrogens is 2. The van der Waals surface area contributed by atoms with Gasteiger partial charge < -0.3 is 9.08 Å². The standard InChI is InChI=1S/C18H15N5O3S/c19-12-14-2-6-16(7-3-14)23(18-21-10-1-11-22-18)13-15-4-8-17(9-5-15)26-27(20,24)25/h1-11H,13H2,(H2,20,24,25). The summed E-state index contributed by atoms with van der Waals surface area (Å²) in [5, 5.41) is 13.8. The van der Waals surface area contributed by atoms with Crippen LogP contribution >= 0.6 is 0 Å². The molecule has 136 valence electrons. The van der Waals surface area contributed by atoms with Crippen molar-refractivity contribution in [2.24, 2.45) is 5.14 Å². The highest BCUT2D eigenvalue weighted by atomic mass is 32.2. The van der Waals surface area contributed by atoms with E-state index in [0.29, 0.717) is 18.1 Å². The Kier molecular flexibility index (Phi) is 5.30. The van der Waals surface area contributed by atoms with Gasteiger partial charge in [0.05, 0.1) is 18.2 Å². The van der Waals surface area contributed by atoms with Gasteiger partial charge in [-0.1, -0.05) is 12.1 Å². The van der Waals surface area contributed by atoms with Gasteiger partial charge in [0.1, 0.15) is 5.75 Å². The molecule has 0 aliphatic carbocycles. The van der Waals surface area contributed by atoms with Crippen LogP contribution in [0.15, 0.2) is 67.0 Å². The van der Waals surface area contributed by atoms with E-state index >= 15 is 0 Å². The summed E-state index contributed by atoms with van der Waals surface area (Å²) in [6.07, 6.45) is 3.28. The fourth-order valence-electron chi connectivity index (χ4n) is 2.39. The van der Waals surface area contributed by atoms with E-state index in [9.17, 15) is 8.42 Å². The fourth-order valence-corrected chi connectivity index (χ4v) is 2.77. The van der Waals surface area contributed by atoms with Crippen molar-refractivity contribution in [3.8, 4) is 11.8 Å². The number of hydrogen-bond donors (Lipinski definition) is 1. The fraction of sp³-hybridized carbons (Fsp3) is 0.0556. The number of nitriles is 1. The third kappa shape index (κ3) is 5.01. The van der Waals surface area contributed by atoms with Crippen LogP contribution in [0.3, 0.4) is 0 Å². The molecule has 0 aliphatic rings. The summed E-state index contributed by atoms with van der Waals surface area (Å²) in [6.45, 7) is 0.422. The lowest BCUT2D eigenvalue weighted by Crippen LogP contribution is -2.20. The van der Waals surface area contributed by atoms with Gasteiger partial charge in [-0.15, -0.1) is 0 Å². The van der Waals surface area contributed by atoms with Crippen molar-refractivity contribution >= 4 is 21.9 Å². The smallest absolute Gasteiger partial charge is 0.371 e. The van der Waals surface area contributed by atoms with E-state index in [1.165, 1.54) is 12.1 Å². The Labute approximate surface area is 156 Å². The summed E-state index contributed by atoms with van der Waals surface area (Å²) < 4.78 is 26.6. The third-order valence-electron chi connectivity index (χ3n) is 3.58. The Morgan fingerprint density at radius 1 is 1.04 bits per heavy atom. The lowest BCUT2D eigenvalue weighted by Gasteiger charge is -2.23. The second kappa shape index (κ2) is 7.82. The molecule has 2 N–H and O–H groups in total. The van der Waals surface area contributed by atoms with Gasteiger partial charge >= 0.3 is 10.3 Å². The summed E-state index contributed by atoms with van der Waals surface area (Å²) in [4.78, 5) is 10.5. The molecule has 0 aliphatic heterocycles. The maximum atomic E-state index is 11.0. The van der Waals surface area contributed by atoms with Crippen LogP contribution in [0.25, 0.3) is 0 Å². The summed E-state index contributed by atoms with van der Waals surface area (Å²) in [5.74, 6) is 0.620. The van der Waals surface area contributed by atoms with Crippen molar-refractivity contribution in [3.05, 3.63) is 78.1 Å². The lowest BCUT2D eigenvalue weighted by atomic mass is 10.1. The van der Waals surface area contributed by atoms with Crippen LogP contribution in [0.4, 0.5) is 11.6 Å². The van der Waals surface area contributed by atoms with Crippen LogP contribution in [0.1, 0.15) is 11.1 Å². The van der Waals surface area contributed by atoms with E-state index in [2.05, 4.69) is 20.2 Å². The predicted molar refractivity (Wildman–Crippen MR) is 99.2 cm³/mol. The second-order valence-corrected chi connectivity index (χ2v) is 6.67. The normalized spacial score (nSPS) is 10.8.